The van der Waals surface area contributed by atoms with Crippen LogP contribution in [0.1, 0.15) is 74.1 Å². The van der Waals surface area contributed by atoms with Crippen molar-refractivity contribution in [2.45, 2.75) is 74.4 Å². The predicted molar refractivity (Wildman–Crippen MR) is 152 cm³/mol. The lowest BCUT2D eigenvalue weighted by Crippen LogP contribution is -2.86. The number of benzene rings is 2. The molecule has 0 saturated carbocycles. The molecule has 0 bridgehead atoms. The summed E-state index contributed by atoms with van der Waals surface area (Å²) in [5, 5.41) is 4.64. The molecule has 38 heavy (non-hydrogen) atoms. The van der Waals surface area contributed by atoms with Gasteiger partial charge in [-0.25, -0.2) is 9.59 Å². The van der Waals surface area contributed by atoms with E-state index in [4.69, 9.17) is 9.47 Å². The Morgan fingerprint density at radius 3 is 1.42 bits per heavy atom. The molecule has 2 aromatic rings. The average molecular weight is 559 g/mol. The van der Waals surface area contributed by atoms with Gasteiger partial charge in [-0.15, -0.1) is 0 Å². The molecule has 0 radical (unpaired) electrons. The first-order chi connectivity index (χ1) is 18.1. The van der Waals surface area contributed by atoms with Crippen molar-refractivity contribution in [3.63, 3.8) is 0 Å². The number of rotatable bonds is 9. The van der Waals surface area contributed by atoms with Gasteiger partial charge < -0.3 is 20.1 Å². The fourth-order valence-electron chi connectivity index (χ4n) is 5.45. The van der Waals surface area contributed by atoms with Crippen LogP contribution in [-0.2, 0) is 9.47 Å². The minimum absolute atomic E-state index is 0.278. The van der Waals surface area contributed by atoms with Gasteiger partial charge >= 0.3 is 11.9 Å². The van der Waals surface area contributed by atoms with E-state index < -0.39 is 11.2 Å². The van der Waals surface area contributed by atoms with Crippen molar-refractivity contribution in [2.75, 3.05) is 26.2 Å². The lowest BCUT2D eigenvalue weighted by Gasteiger charge is -2.35. The Morgan fingerprint density at radius 1 is 0.684 bits per heavy atom. The Labute approximate surface area is 234 Å². The zero-order valence-corrected chi connectivity index (χ0v) is 24.7. The number of hydrogen-bond donors (Lipinski definition) is 2. The summed E-state index contributed by atoms with van der Waals surface area (Å²) in [7, 11) is 3.11. The molecule has 2 aromatic carbocycles. The Kier molecular flexibility index (Phi) is 9.84. The van der Waals surface area contributed by atoms with Gasteiger partial charge in [0, 0.05) is 47.3 Å². The molecule has 2 aliphatic rings. The van der Waals surface area contributed by atoms with E-state index in [0.29, 0.717) is 23.0 Å². The van der Waals surface area contributed by atoms with Crippen LogP contribution in [0, 0.1) is 11.8 Å². The quantitative estimate of drug-likeness (QED) is 0.353. The van der Waals surface area contributed by atoms with Crippen LogP contribution in [0.2, 0.25) is 0 Å². The topological polar surface area (TPSA) is 85.8 Å². The molecule has 2 aliphatic heterocycles. The zero-order chi connectivity index (χ0) is 27.2. The number of quaternary nitrogens is 2. The van der Waals surface area contributed by atoms with Crippen LogP contribution in [0.5, 0.6) is 0 Å². The average Bonchev–Trinajstić information content (AvgIpc) is 2.93. The van der Waals surface area contributed by atoms with E-state index in [0.717, 1.165) is 61.7 Å². The van der Waals surface area contributed by atoms with Crippen molar-refractivity contribution in [3.8, 4) is 0 Å². The predicted octanol–water partition coefficient (Wildman–Crippen LogP) is 4.30. The molecule has 0 spiro atoms. The van der Waals surface area contributed by atoms with E-state index in [-0.39, 0.29) is 11.9 Å². The Hall–Kier alpha value is -2.00. The maximum absolute atomic E-state index is 13.0. The van der Waals surface area contributed by atoms with Crippen LogP contribution < -0.4 is 10.6 Å². The summed E-state index contributed by atoms with van der Waals surface area (Å²) in [6.07, 6.45) is 4.26. The molecule has 8 heteroatoms. The number of nitrogens with two attached hydrogens (primary N) is 2. The molecular weight excluding hydrogens is 516 g/mol. The van der Waals surface area contributed by atoms with Gasteiger partial charge in [-0.2, -0.15) is 0 Å². The molecule has 206 valence electrons. The van der Waals surface area contributed by atoms with Crippen LogP contribution >= 0.6 is 21.6 Å². The summed E-state index contributed by atoms with van der Waals surface area (Å²) in [5.41, 5.74) is 0.154. The molecule has 4 rings (SSSR count). The highest BCUT2D eigenvalue weighted by Gasteiger charge is 2.36. The van der Waals surface area contributed by atoms with Crippen LogP contribution in [0.3, 0.4) is 0 Å². The van der Waals surface area contributed by atoms with Crippen molar-refractivity contribution < 1.29 is 29.7 Å². The van der Waals surface area contributed by atoms with Gasteiger partial charge in [-0.1, -0.05) is 33.7 Å². The zero-order valence-electron chi connectivity index (χ0n) is 23.0. The Morgan fingerprint density at radius 2 is 1.05 bits per heavy atom. The smallest absolute Gasteiger partial charge is 0.338 e. The first kappa shape index (κ1) is 29.0. The third-order valence-corrected chi connectivity index (χ3v) is 10.3. The number of esters is 2. The molecule has 0 aliphatic carbocycles. The number of hydrogen-bond acceptors (Lipinski definition) is 6. The highest BCUT2D eigenvalue weighted by Crippen LogP contribution is 2.38. The molecule has 2 heterocycles. The fourth-order valence-corrected chi connectivity index (χ4v) is 7.46. The molecule has 0 aromatic heterocycles. The highest BCUT2D eigenvalue weighted by molar-refractivity contribution is 8.76. The first-order valence-corrected chi connectivity index (χ1v) is 15.9. The van der Waals surface area contributed by atoms with Crippen LogP contribution in [0.25, 0.3) is 0 Å². The minimum Gasteiger partial charge on any atom is -0.456 e. The van der Waals surface area contributed by atoms with Crippen molar-refractivity contribution in [3.05, 3.63) is 59.7 Å². The number of carbonyl (C=O) groups excluding carboxylic acids is 2. The number of carbonyl (C=O) groups is 2. The minimum atomic E-state index is -0.484. The van der Waals surface area contributed by atoms with E-state index in [1.54, 1.807) is 21.6 Å². The second-order valence-corrected chi connectivity index (χ2v) is 13.8. The monoisotopic (exact) mass is 558 g/mol. The van der Waals surface area contributed by atoms with Gasteiger partial charge in [-0.05, 0) is 64.1 Å². The lowest BCUT2D eigenvalue weighted by atomic mass is 9.83. The second kappa shape index (κ2) is 12.9. The molecular formula is C30H42N2O4S2+2. The van der Waals surface area contributed by atoms with E-state index in [2.05, 4.69) is 10.6 Å². The summed E-state index contributed by atoms with van der Waals surface area (Å²) in [5.74, 6) is 0.214. The summed E-state index contributed by atoms with van der Waals surface area (Å²) in [6.45, 7) is 12.5. The van der Waals surface area contributed by atoms with Gasteiger partial charge in [0.1, 0.15) is 11.2 Å². The summed E-state index contributed by atoms with van der Waals surface area (Å²) >= 11 is 0. The number of piperidine rings is 2. The maximum Gasteiger partial charge on any atom is 0.338 e. The summed E-state index contributed by atoms with van der Waals surface area (Å²) in [4.78, 5) is 27.9. The third kappa shape index (κ3) is 7.78. The first-order valence-electron chi connectivity index (χ1n) is 13.8. The van der Waals surface area contributed by atoms with E-state index >= 15 is 0 Å². The van der Waals surface area contributed by atoms with E-state index in [9.17, 15) is 9.59 Å². The van der Waals surface area contributed by atoms with Crippen LogP contribution in [0.4, 0.5) is 0 Å². The largest absolute Gasteiger partial charge is 0.456 e. The Balaban J connectivity index is 1.34. The molecule has 0 unspecified atom stereocenters. The molecule has 4 N–H and O–H groups in total. The third-order valence-electron chi connectivity index (χ3n) is 7.93. The van der Waals surface area contributed by atoms with Crippen molar-refractivity contribution >= 4 is 33.5 Å². The summed E-state index contributed by atoms with van der Waals surface area (Å²) in [6, 6.07) is 15.1. The fraction of sp³-hybridized carbons (Fsp3) is 0.533. The van der Waals surface area contributed by atoms with E-state index in [1.165, 1.54) is 0 Å². The molecule has 2 fully saturated rings. The standard InChI is InChI=1S/C30H40N2O4S2/c1-29(2,23-11-15-31-16-12-23)35-27(33)21-7-5-9-25(19-21)37-38-26-10-6-8-22(20-26)28(34)36-30(3,4)24-13-17-32-18-14-24/h5-10,19-20,23-24,31-32H,11-18H2,1-4H3/p+2. The molecule has 2 saturated heterocycles. The van der Waals surface area contributed by atoms with Crippen molar-refractivity contribution in [2.24, 2.45) is 11.8 Å². The Bertz CT molecular complexity index is 1020. The van der Waals surface area contributed by atoms with Crippen LogP contribution in [-0.4, -0.2) is 49.3 Å². The molecule has 6 nitrogen and oxygen atoms in total. The second-order valence-electron chi connectivity index (χ2n) is 11.5. The normalized spacial score (nSPS) is 17.7. The van der Waals surface area contributed by atoms with E-state index in [1.807, 2.05) is 76.2 Å². The van der Waals surface area contributed by atoms with Gasteiger partial charge in [0.25, 0.3) is 0 Å². The van der Waals surface area contributed by atoms with Gasteiger partial charge in [-0.3, -0.25) is 0 Å². The van der Waals surface area contributed by atoms with Gasteiger partial charge in [0.2, 0.25) is 0 Å². The number of ether oxygens (including phenoxy) is 2. The van der Waals surface area contributed by atoms with Gasteiger partial charge in [0.05, 0.1) is 37.3 Å². The molecule has 0 amide bonds. The van der Waals surface area contributed by atoms with Gasteiger partial charge in [0.15, 0.2) is 0 Å². The maximum atomic E-state index is 13.0. The highest BCUT2D eigenvalue weighted by atomic mass is 33.1. The summed E-state index contributed by atoms with van der Waals surface area (Å²) < 4.78 is 12.0. The SMILES string of the molecule is CC(C)(OC(=O)c1cccc(SSc2cccc(C(=O)OC(C)(C)C3CC[NH2+]CC3)c2)c1)C1CC[NH2+]CC1. The van der Waals surface area contributed by atoms with Crippen molar-refractivity contribution in [1.29, 1.82) is 0 Å². The van der Waals surface area contributed by atoms with Crippen molar-refractivity contribution in [1.82, 2.24) is 0 Å². The lowest BCUT2D eigenvalue weighted by molar-refractivity contribution is -0.666. The van der Waals surface area contributed by atoms with Crippen LogP contribution in [0.15, 0.2) is 58.3 Å². The molecule has 0 atom stereocenters.